The van der Waals surface area contributed by atoms with Gasteiger partial charge < -0.3 is 15.4 Å². The van der Waals surface area contributed by atoms with Crippen molar-refractivity contribution in [1.29, 1.82) is 0 Å². The maximum Gasteiger partial charge on any atom is 0.191 e. The first-order chi connectivity index (χ1) is 12.7. The molecule has 0 amide bonds. The molecule has 1 aliphatic rings. The number of halogens is 1. The van der Waals surface area contributed by atoms with Crippen LogP contribution in [0.1, 0.15) is 65.1 Å². The van der Waals surface area contributed by atoms with Gasteiger partial charge in [-0.15, -0.1) is 35.3 Å². The largest absolute Gasteiger partial charge is 0.373 e. The summed E-state index contributed by atoms with van der Waals surface area (Å²) in [6.07, 6.45) is 0.546. The zero-order valence-electron chi connectivity index (χ0n) is 18.4. The molecular formula is C20H38IN5OS. The van der Waals surface area contributed by atoms with E-state index in [0.29, 0.717) is 12.5 Å². The number of guanidine groups is 1. The lowest BCUT2D eigenvalue weighted by atomic mass is 10.00. The first kappa shape index (κ1) is 25.6. The average Bonchev–Trinajstić information content (AvgIpc) is 3.06. The van der Waals surface area contributed by atoms with E-state index in [0.717, 1.165) is 42.8 Å². The Hall–Kier alpha value is -0.450. The third kappa shape index (κ3) is 7.76. The van der Waals surface area contributed by atoms with Crippen LogP contribution in [0.4, 0.5) is 0 Å². The third-order valence-electron chi connectivity index (χ3n) is 4.84. The summed E-state index contributed by atoms with van der Waals surface area (Å²) < 4.78 is 5.88. The highest BCUT2D eigenvalue weighted by molar-refractivity contribution is 14.0. The Morgan fingerprint density at radius 1 is 1.32 bits per heavy atom. The Kier molecular flexibility index (Phi) is 10.7. The van der Waals surface area contributed by atoms with Crippen LogP contribution in [-0.4, -0.2) is 59.8 Å². The van der Waals surface area contributed by atoms with Crippen LogP contribution in [0.3, 0.4) is 0 Å². The number of ether oxygens (including phenoxy) is 1. The summed E-state index contributed by atoms with van der Waals surface area (Å²) >= 11 is 1.69. The van der Waals surface area contributed by atoms with Crippen LogP contribution in [0, 0.1) is 0 Å². The summed E-state index contributed by atoms with van der Waals surface area (Å²) in [5.41, 5.74) is 1.17. The molecule has 162 valence electrons. The summed E-state index contributed by atoms with van der Waals surface area (Å²) in [6, 6.07) is 0. The number of morpholine rings is 1. The van der Waals surface area contributed by atoms with Gasteiger partial charge in [0, 0.05) is 37.1 Å². The molecule has 2 unspecified atom stereocenters. The lowest BCUT2D eigenvalue weighted by molar-refractivity contribution is -0.0946. The minimum Gasteiger partial charge on any atom is -0.373 e. The molecule has 0 spiro atoms. The fourth-order valence-corrected chi connectivity index (χ4v) is 4.11. The molecule has 0 radical (unpaired) electrons. The van der Waals surface area contributed by atoms with Crippen molar-refractivity contribution in [2.45, 2.75) is 78.7 Å². The van der Waals surface area contributed by atoms with E-state index in [9.17, 15) is 0 Å². The second-order valence-corrected chi connectivity index (χ2v) is 9.29. The summed E-state index contributed by atoms with van der Waals surface area (Å²) in [5.74, 6) is 1.31. The van der Waals surface area contributed by atoms with Crippen LogP contribution in [-0.2, 0) is 11.3 Å². The van der Waals surface area contributed by atoms with Gasteiger partial charge in [0.2, 0.25) is 0 Å². The van der Waals surface area contributed by atoms with Crippen molar-refractivity contribution in [3.8, 4) is 0 Å². The van der Waals surface area contributed by atoms with E-state index < -0.39 is 0 Å². The molecule has 2 heterocycles. The Balaban J connectivity index is 0.00000392. The third-order valence-corrected chi connectivity index (χ3v) is 5.69. The normalized spacial score (nSPS) is 21.5. The van der Waals surface area contributed by atoms with Gasteiger partial charge in [0.25, 0.3) is 0 Å². The Morgan fingerprint density at radius 3 is 2.50 bits per heavy atom. The zero-order chi connectivity index (χ0) is 20.0. The van der Waals surface area contributed by atoms with E-state index in [2.05, 4.69) is 74.4 Å². The molecule has 1 aromatic heterocycles. The average molecular weight is 524 g/mol. The number of rotatable bonds is 7. The SMILES string of the molecule is CCNC(=NCc1nc(C(C)C)cs1)NCC(C)(C)N1CC(C)OC(C)C1.I. The van der Waals surface area contributed by atoms with Gasteiger partial charge >= 0.3 is 0 Å². The van der Waals surface area contributed by atoms with Gasteiger partial charge in [0.15, 0.2) is 5.96 Å². The Bertz CT molecular complexity index is 609. The van der Waals surface area contributed by atoms with Gasteiger partial charge in [-0.05, 0) is 40.5 Å². The summed E-state index contributed by atoms with van der Waals surface area (Å²) in [5, 5.41) is 10.1. The topological polar surface area (TPSA) is 61.8 Å². The highest BCUT2D eigenvalue weighted by Gasteiger charge is 2.33. The minimum absolute atomic E-state index is 0. The van der Waals surface area contributed by atoms with E-state index in [4.69, 9.17) is 9.73 Å². The van der Waals surface area contributed by atoms with Gasteiger partial charge in [0.1, 0.15) is 5.01 Å². The highest BCUT2D eigenvalue weighted by atomic mass is 127. The summed E-state index contributed by atoms with van der Waals surface area (Å²) in [6.45, 7) is 19.5. The van der Waals surface area contributed by atoms with E-state index >= 15 is 0 Å². The van der Waals surface area contributed by atoms with Gasteiger partial charge in [-0.1, -0.05) is 13.8 Å². The number of hydrogen-bond donors (Lipinski definition) is 2. The van der Waals surface area contributed by atoms with Crippen molar-refractivity contribution in [3.05, 3.63) is 16.1 Å². The molecule has 2 N–H and O–H groups in total. The van der Waals surface area contributed by atoms with Crippen LogP contribution in [0.2, 0.25) is 0 Å². The Morgan fingerprint density at radius 2 is 1.96 bits per heavy atom. The first-order valence-electron chi connectivity index (χ1n) is 10.1. The van der Waals surface area contributed by atoms with E-state index in [1.165, 1.54) is 0 Å². The quantitative estimate of drug-likeness (QED) is 0.323. The van der Waals surface area contributed by atoms with Gasteiger partial charge in [-0.3, -0.25) is 4.90 Å². The predicted octanol–water partition coefficient (Wildman–Crippen LogP) is 3.83. The highest BCUT2D eigenvalue weighted by Crippen LogP contribution is 2.21. The van der Waals surface area contributed by atoms with E-state index in [-0.39, 0.29) is 41.7 Å². The molecule has 0 aliphatic carbocycles. The first-order valence-corrected chi connectivity index (χ1v) is 11.0. The minimum atomic E-state index is 0. The number of thiazole rings is 1. The molecule has 2 atom stereocenters. The monoisotopic (exact) mass is 523 g/mol. The van der Waals surface area contributed by atoms with Crippen molar-refractivity contribution in [3.63, 3.8) is 0 Å². The molecule has 6 nitrogen and oxygen atoms in total. The molecule has 8 heteroatoms. The maximum atomic E-state index is 5.88. The second kappa shape index (κ2) is 11.7. The van der Waals surface area contributed by atoms with Crippen molar-refractivity contribution in [2.24, 2.45) is 4.99 Å². The molecule has 0 saturated carbocycles. The molecule has 0 aromatic carbocycles. The summed E-state index contributed by atoms with van der Waals surface area (Å²) in [7, 11) is 0. The van der Waals surface area contributed by atoms with Crippen LogP contribution < -0.4 is 10.6 Å². The summed E-state index contributed by atoms with van der Waals surface area (Å²) in [4.78, 5) is 11.9. The van der Waals surface area contributed by atoms with Crippen LogP contribution in [0.15, 0.2) is 10.4 Å². The molecule has 0 bridgehead atoms. The van der Waals surface area contributed by atoms with Gasteiger partial charge in [-0.25, -0.2) is 9.98 Å². The van der Waals surface area contributed by atoms with Gasteiger partial charge in [0.05, 0.1) is 24.4 Å². The van der Waals surface area contributed by atoms with E-state index in [1.807, 2.05) is 0 Å². The molecular weight excluding hydrogens is 485 g/mol. The molecule has 28 heavy (non-hydrogen) atoms. The Labute approximate surface area is 192 Å². The number of hydrogen-bond acceptors (Lipinski definition) is 5. The maximum absolute atomic E-state index is 5.88. The molecule has 1 fully saturated rings. The van der Waals surface area contributed by atoms with Crippen molar-refractivity contribution >= 4 is 41.3 Å². The zero-order valence-corrected chi connectivity index (χ0v) is 21.6. The van der Waals surface area contributed by atoms with E-state index in [1.54, 1.807) is 11.3 Å². The molecule has 1 aromatic rings. The van der Waals surface area contributed by atoms with Crippen molar-refractivity contribution in [2.75, 3.05) is 26.2 Å². The standard InChI is InChI=1S/C20H37N5OS.HI/c1-8-21-19(22-9-18-24-17(12-27-18)14(2)3)23-13-20(6,7)25-10-15(4)26-16(5)11-25;/h12,14-16H,8-11,13H2,1-7H3,(H2,21,22,23);1H. The van der Waals surface area contributed by atoms with Crippen LogP contribution in [0.5, 0.6) is 0 Å². The number of nitrogens with zero attached hydrogens (tertiary/aromatic N) is 3. The van der Waals surface area contributed by atoms with Crippen LogP contribution >= 0.6 is 35.3 Å². The second-order valence-electron chi connectivity index (χ2n) is 8.34. The smallest absolute Gasteiger partial charge is 0.191 e. The van der Waals surface area contributed by atoms with Gasteiger partial charge in [-0.2, -0.15) is 0 Å². The molecule has 2 rings (SSSR count). The lowest BCUT2D eigenvalue weighted by Gasteiger charge is -2.45. The number of nitrogens with one attached hydrogen (secondary N) is 2. The predicted molar refractivity (Wildman–Crippen MR) is 130 cm³/mol. The van der Waals surface area contributed by atoms with Crippen molar-refractivity contribution in [1.82, 2.24) is 20.5 Å². The number of aliphatic imine (C=N–C) groups is 1. The fourth-order valence-electron chi connectivity index (χ4n) is 3.24. The molecule has 1 aliphatic heterocycles. The van der Waals surface area contributed by atoms with Crippen LogP contribution in [0.25, 0.3) is 0 Å². The molecule has 1 saturated heterocycles. The fraction of sp³-hybridized carbons (Fsp3) is 0.800. The number of aromatic nitrogens is 1. The lowest BCUT2D eigenvalue weighted by Crippen LogP contribution is -2.59. The van der Waals surface area contributed by atoms with Crippen molar-refractivity contribution < 1.29 is 4.74 Å².